The van der Waals surface area contributed by atoms with E-state index in [-0.39, 0.29) is 6.61 Å². The second kappa shape index (κ2) is 6.64. The number of rotatable bonds is 4. The Morgan fingerprint density at radius 3 is 2.64 bits per heavy atom. The summed E-state index contributed by atoms with van der Waals surface area (Å²) in [5.41, 5.74) is 0. The summed E-state index contributed by atoms with van der Waals surface area (Å²) in [6.45, 7) is 3.31. The van der Waals surface area contributed by atoms with Gasteiger partial charge in [-0.1, -0.05) is 24.0 Å². The Morgan fingerprint density at radius 1 is 1.64 bits per heavy atom. The summed E-state index contributed by atoms with van der Waals surface area (Å²) < 4.78 is 0.0814. The van der Waals surface area contributed by atoms with E-state index in [4.69, 9.17) is 27.7 Å². The van der Waals surface area contributed by atoms with E-state index in [9.17, 15) is 0 Å². The first-order chi connectivity index (χ1) is 6.41. The number of thioether (sulfide) groups is 2. The molecule has 0 aromatic carbocycles. The van der Waals surface area contributed by atoms with Crippen molar-refractivity contribution >= 4 is 39.3 Å². The Bertz CT molecular complexity index is 237. The Hall–Kier alpha value is 0.200. The molecular weight excluding hydrogens is 238 g/mol. The maximum atomic E-state index is 9.06. The fraction of sp³-hybridized carbons (Fsp3) is 0.750. The standard InChI is InChI=1S/C8H13NO2S3/c1-8(2,5-9)14-7(12)13-4-6(11)3-10/h6,10-11H,3-4H2,1-2H3. The predicted octanol–water partition coefficient (Wildman–Crippen LogP) is 1.39. The van der Waals surface area contributed by atoms with Gasteiger partial charge >= 0.3 is 0 Å². The highest BCUT2D eigenvalue weighted by atomic mass is 32.2. The van der Waals surface area contributed by atoms with Crippen LogP contribution in [0, 0.1) is 11.3 Å². The highest BCUT2D eigenvalue weighted by Gasteiger charge is 2.20. The molecule has 0 aromatic heterocycles. The highest BCUT2D eigenvalue weighted by molar-refractivity contribution is 8.47. The molecule has 0 amide bonds. The van der Waals surface area contributed by atoms with Gasteiger partial charge in [-0.25, -0.2) is 0 Å². The zero-order valence-corrected chi connectivity index (χ0v) is 10.5. The molecule has 2 N–H and O–H groups in total. The average Bonchev–Trinajstić information content (AvgIpc) is 2.13. The van der Waals surface area contributed by atoms with Crippen molar-refractivity contribution in [3.63, 3.8) is 0 Å². The van der Waals surface area contributed by atoms with Crippen LogP contribution in [0.25, 0.3) is 0 Å². The third-order valence-electron chi connectivity index (χ3n) is 1.21. The third kappa shape index (κ3) is 6.62. The SMILES string of the molecule is CC(C)(C#N)SC(=S)SCC(O)CO. The molecule has 0 saturated carbocycles. The third-order valence-corrected chi connectivity index (χ3v) is 3.97. The van der Waals surface area contributed by atoms with Crippen LogP contribution in [0.4, 0.5) is 0 Å². The topological polar surface area (TPSA) is 64.2 Å². The number of hydrogen-bond acceptors (Lipinski definition) is 6. The number of aliphatic hydroxyl groups excluding tert-OH is 2. The quantitative estimate of drug-likeness (QED) is 0.736. The lowest BCUT2D eigenvalue weighted by Gasteiger charge is -2.15. The largest absolute Gasteiger partial charge is 0.394 e. The molecule has 0 spiro atoms. The summed E-state index contributed by atoms with van der Waals surface area (Å²) in [6, 6.07) is 2.12. The van der Waals surface area contributed by atoms with Gasteiger partial charge < -0.3 is 10.2 Å². The maximum Gasteiger partial charge on any atom is 0.105 e. The lowest BCUT2D eigenvalue weighted by Crippen LogP contribution is -2.17. The Morgan fingerprint density at radius 2 is 2.21 bits per heavy atom. The lowest BCUT2D eigenvalue weighted by atomic mass is 10.2. The second-order valence-corrected chi connectivity index (χ2v) is 6.97. The van der Waals surface area contributed by atoms with Crippen molar-refractivity contribution in [2.24, 2.45) is 0 Å². The van der Waals surface area contributed by atoms with Gasteiger partial charge in [-0.05, 0) is 13.8 Å². The van der Waals surface area contributed by atoms with Crippen LogP contribution in [-0.2, 0) is 0 Å². The number of nitriles is 1. The summed E-state index contributed by atoms with van der Waals surface area (Å²) in [5, 5.41) is 26.4. The Labute approximate surface area is 97.9 Å². The Balaban J connectivity index is 3.84. The molecule has 14 heavy (non-hydrogen) atoms. The van der Waals surface area contributed by atoms with E-state index in [1.54, 1.807) is 13.8 Å². The van der Waals surface area contributed by atoms with E-state index < -0.39 is 10.9 Å². The van der Waals surface area contributed by atoms with Crippen LogP contribution in [0.5, 0.6) is 0 Å². The molecule has 0 aromatic rings. The molecule has 0 aliphatic heterocycles. The Kier molecular flexibility index (Phi) is 6.74. The zero-order chi connectivity index (χ0) is 11.2. The molecule has 0 rings (SSSR count). The molecule has 1 unspecified atom stereocenters. The maximum absolute atomic E-state index is 9.06. The fourth-order valence-electron chi connectivity index (χ4n) is 0.478. The van der Waals surface area contributed by atoms with Gasteiger partial charge in [0.1, 0.15) is 8.28 Å². The fourth-order valence-corrected chi connectivity index (χ4v) is 3.27. The molecule has 0 heterocycles. The number of hydrogen-bond donors (Lipinski definition) is 2. The van der Waals surface area contributed by atoms with Crippen molar-refractivity contribution in [2.45, 2.75) is 24.7 Å². The number of thiocarbonyl (C=S) groups is 1. The molecule has 80 valence electrons. The minimum Gasteiger partial charge on any atom is -0.394 e. The van der Waals surface area contributed by atoms with Crippen molar-refractivity contribution < 1.29 is 10.2 Å². The van der Waals surface area contributed by atoms with Gasteiger partial charge in [0, 0.05) is 5.75 Å². The molecule has 0 aliphatic rings. The van der Waals surface area contributed by atoms with Gasteiger partial charge in [-0.15, -0.1) is 11.8 Å². The van der Waals surface area contributed by atoms with Crippen molar-refractivity contribution in [3.8, 4) is 6.07 Å². The van der Waals surface area contributed by atoms with Crippen LogP contribution >= 0.6 is 35.7 Å². The molecule has 0 bridgehead atoms. The van der Waals surface area contributed by atoms with Crippen LogP contribution < -0.4 is 0 Å². The van der Waals surface area contributed by atoms with Crippen molar-refractivity contribution in [1.82, 2.24) is 0 Å². The monoisotopic (exact) mass is 251 g/mol. The molecule has 6 heteroatoms. The molecule has 3 nitrogen and oxygen atoms in total. The van der Waals surface area contributed by atoms with E-state index in [1.807, 2.05) is 0 Å². The molecular formula is C8H13NO2S3. The molecule has 0 aliphatic carbocycles. The first-order valence-corrected chi connectivity index (χ1v) is 6.18. The normalized spacial score (nSPS) is 13.4. The average molecular weight is 251 g/mol. The van der Waals surface area contributed by atoms with E-state index in [1.165, 1.54) is 23.5 Å². The van der Waals surface area contributed by atoms with Crippen molar-refractivity contribution in [1.29, 1.82) is 5.26 Å². The van der Waals surface area contributed by atoms with Crippen LogP contribution in [0.2, 0.25) is 0 Å². The van der Waals surface area contributed by atoms with Crippen LogP contribution in [0.1, 0.15) is 13.8 Å². The summed E-state index contributed by atoms with van der Waals surface area (Å²) in [6.07, 6.45) is -0.747. The summed E-state index contributed by atoms with van der Waals surface area (Å²) in [7, 11) is 0. The number of nitrogens with zero attached hydrogens (tertiary/aromatic N) is 1. The smallest absolute Gasteiger partial charge is 0.105 e. The zero-order valence-electron chi connectivity index (χ0n) is 8.06. The van der Waals surface area contributed by atoms with Gasteiger partial charge in [-0.3, -0.25) is 0 Å². The highest BCUT2D eigenvalue weighted by Crippen LogP contribution is 2.30. The van der Waals surface area contributed by atoms with Gasteiger partial charge in [0.25, 0.3) is 0 Å². The van der Waals surface area contributed by atoms with E-state index in [2.05, 4.69) is 6.07 Å². The molecule has 1 atom stereocenters. The summed E-state index contributed by atoms with van der Waals surface area (Å²) >= 11 is 7.60. The second-order valence-electron chi connectivity index (χ2n) is 3.12. The van der Waals surface area contributed by atoms with Gasteiger partial charge in [0.05, 0.1) is 18.8 Å². The van der Waals surface area contributed by atoms with Crippen LogP contribution in [-0.4, -0.2) is 37.0 Å². The van der Waals surface area contributed by atoms with Crippen molar-refractivity contribution in [3.05, 3.63) is 0 Å². The number of aliphatic hydroxyl groups is 2. The first-order valence-electron chi connectivity index (χ1n) is 3.97. The van der Waals surface area contributed by atoms with Gasteiger partial charge in [0.2, 0.25) is 0 Å². The van der Waals surface area contributed by atoms with E-state index in [0.717, 1.165) is 0 Å². The predicted molar refractivity (Wildman–Crippen MR) is 65.4 cm³/mol. The minimum atomic E-state index is -0.747. The van der Waals surface area contributed by atoms with E-state index >= 15 is 0 Å². The van der Waals surface area contributed by atoms with E-state index in [0.29, 0.717) is 9.28 Å². The lowest BCUT2D eigenvalue weighted by molar-refractivity contribution is 0.114. The van der Waals surface area contributed by atoms with Gasteiger partial charge in [0.15, 0.2) is 0 Å². The first kappa shape index (κ1) is 14.2. The summed E-state index contributed by atoms with van der Waals surface area (Å²) in [4.78, 5) is 0. The van der Waals surface area contributed by atoms with Crippen molar-refractivity contribution in [2.75, 3.05) is 12.4 Å². The molecule has 0 radical (unpaired) electrons. The van der Waals surface area contributed by atoms with Crippen LogP contribution in [0.3, 0.4) is 0 Å². The minimum absolute atomic E-state index is 0.262. The summed E-state index contributed by atoms with van der Waals surface area (Å²) in [5.74, 6) is 0.365. The van der Waals surface area contributed by atoms with Gasteiger partial charge in [-0.2, -0.15) is 5.26 Å². The van der Waals surface area contributed by atoms with Crippen LogP contribution in [0.15, 0.2) is 0 Å². The molecule has 0 fully saturated rings. The molecule has 0 saturated heterocycles.